The molecule has 0 spiro atoms. The summed E-state index contributed by atoms with van der Waals surface area (Å²) in [6.07, 6.45) is 2.29. The molecule has 1 saturated heterocycles. The molecule has 0 aliphatic carbocycles. The number of benzene rings is 2. The Hall–Kier alpha value is -3.19. The van der Waals surface area contributed by atoms with Crippen LogP contribution in [0.4, 0.5) is 0 Å². The van der Waals surface area contributed by atoms with E-state index in [1.165, 1.54) is 0 Å². The summed E-state index contributed by atoms with van der Waals surface area (Å²) in [6.45, 7) is 2.19. The Labute approximate surface area is 187 Å². The van der Waals surface area contributed by atoms with Gasteiger partial charge in [-0.2, -0.15) is 0 Å². The molecule has 32 heavy (non-hydrogen) atoms. The zero-order valence-electron chi connectivity index (χ0n) is 18.3. The summed E-state index contributed by atoms with van der Waals surface area (Å²) >= 11 is 0. The molecule has 0 radical (unpaired) electrons. The number of aryl methyl sites for hydroxylation is 1. The van der Waals surface area contributed by atoms with Gasteiger partial charge in [0.25, 0.3) is 5.91 Å². The number of fused-ring (bicyclic) bond motifs is 2. The number of nitrogens with zero attached hydrogens (tertiary/aromatic N) is 3. The second-order valence-corrected chi connectivity index (χ2v) is 8.74. The molecule has 0 saturated carbocycles. The summed E-state index contributed by atoms with van der Waals surface area (Å²) in [7, 11) is 2.00. The summed E-state index contributed by atoms with van der Waals surface area (Å²) in [6, 6.07) is 15.7. The summed E-state index contributed by atoms with van der Waals surface area (Å²) in [4.78, 5) is 32.7. The van der Waals surface area contributed by atoms with Gasteiger partial charge in [-0.25, -0.2) is 4.98 Å². The number of ether oxygens (including phenoxy) is 1. The van der Waals surface area contributed by atoms with Crippen LogP contribution in [0.15, 0.2) is 48.5 Å². The monoisotopic (exact) mass is 432 g/mol. The molecular formula is C25H28N4O3. The first-order valence-electron chi connectivity index (χ1n) is 11.2. The predicted molar refractivity (Wildman–Crippen MR) is 121 cm³/mol. The van der Waals surface area contributed by atoms with Crippen molar-refractivity contribution < 1.29 is 14.3 Å². The Kier molecular flexibility index (Phi) is 5.43. The molecule has 7 heteroatoms. The van der Waals surface area contributed by atoms with E-state index in [1.54, 1.807) is 0 Å². The molecular weight excluding hydrogens is 404 g/mol. The zero-order valence-corrected chi connectivity index (χ0v) is 18.3. The number of imidazole rings is 1. The second-order valence-electron chi connectivity index (χ2n) is 8.74. The minimum atomic E-state index is -0.504. The maximum Gasteiger partial charge on any atom is 0.254 e. The number of nitrogens with one attached hydrogen (secondary N) is 1. The molecule has 1 fully saturated rings. The lowest BCUT2D eigenvalue weighted by Crippen LogP contribution is -2.54. The molecule has 5 rings (SSSR count). The van der Waals surface area contributed by atoms with Crippen molar-refractivity contribution in [3.05, 3.63) is 65.5 Å². The Morgan fingerprint density at radius 1 is 1.12 bits per heavy atom. The van der Waals surface area contributed by atoms with E-state index in [0.29, 0.717) is 52.0 Å². The van der Waals surface area contributed by atoms with Crippen molar-refractivity contribution in [3.8, 4) is 0 Å². The number of hydrogen-bond donors (Lipinski definition) is 1. The highest BCUT2D eigenvalue weighted by atomic mass is 16.5. The van der Waals surface area contributed by atoms with Crippen LogP contribution in [0, 0.1) is 0 Å². The van der Waals surface area contributed by atoms with Gasteiger partial charge in [0, 0.05) is 45.3 Å². The van der Waals surface area contributed by atoms with Crippen molar-refractivity contribution in [2.45, 2.75) is 37.8 Å². The maximum atomic E-state index is 13.1. The fourth-order valence-corrected chi connectivity index (χ4v) is 5.03. The molecule has 2 aliphatic rings. The molecule has 7 nitrogen and oxygen atoms in total. The third kappa shape index (κ3) is 3.66. The van der Waals surface area contributed by atoms with Crippen LogP contribution >= 0.6 is 0 Å². The Morgan fingerprint density at radius 2 is 1.88 bits per heavy atom. The van der Waals surface area contributed by atoms with Gasteiger partial charge in [0.05, 0.1) is 23.0 Å². The number of aromatic nitrogens is 2. The van der Waals surface area contributed by atoms with Crippen molar-refractivity contribution in [2.75, 3.05) is 19.8 Å². The molecule has 0 bridgehead atoms. The molecule has 2 amide bonds. The first kappa shape index (κ1) is 20.7. The van der Waals surface area contributed by atoms with Crippen LogP contribution in [-0.2, 0) is 29.5 Å². The fraction of sp³-hybridized carbons (Fsp3) is 0.400. The lowest BCUT2D eigenvalue weighted by atomic mass is 9.84. The number of carbonyl (C=O) groups is 2. The number of rotatable bonds is 6. The second kappa shape index (κ2) is 8.39. The number of para-hydroxylation sites is 2. The van der Waals surface area contributed by atoms with E-state index in [-0.39, 0.29) is 11.8 Å². The van der Waals surface area contributed by atoms with Crippen LogP contribution in [-0.4, -0.2) is 51.6 Å². The third-order valence-corrected chi connectivity index (χ3v) is 6.86. The van der Waals surface area contributed by atoms with Crippen LogP contribution in [0.2, 0.25) is 0 Å². The van der Waals surface area contributed by atoms with Gasteiger partial charge in [0.1, 0.15) is 5.82 Å². The van der Waals surface area contributed by atoms with Gasteiger partial charge in [-0.15, -0.1) is 0 Å². The number of carbonyl (C=O) groups excluding carboxylic acids is 2. The quantitative estimate of drug-likeness (QED) is 0.650. The van der Waals surface area contributed by atoms with E-state index in [4.69, 9.17) is 4.74 Å². The van der Waals surface area contributed by atoms with Crippen LogP contribution in [0.3, 0.4) is 0 Å². The van der Waals surface area contributed by atoms with Gasteiger partial charge < -0.3 is 19.5 Å². The van der Waals surface area contributed by atoms with Crippen LogP contribution in [0.25, 0.3) is 11.0 Å². The highest BCUT2D eigenvalue weighted by molar-refractivity contribution is 5.99. The molecule has 166 valence electrons. The molecule has 1 N–H and O–H groups in total. The van der Waals surface area contributed by atoms with Gasteiger partial charge in [-0.1, -0.05) is 30.3 Å². The van der Waals surface area contributed by atoms with Crippen molar-refractivity contribution in [1.82, 2.24) is 19.8 Å². The van der Waals surface area contributed by atoms with Crippen LogP contribution in [0.5, 0.6) is 0 Å². The van der Waals surface area contributed by atoms with Crippen molar-refractivity contribution >= 4 is 22.8 Å². The smallest absolute Gasteiger partial charge is 0.254 e. The van der Waals surface area contributed by atoms with Crippen LogP contribution < -0.4 is 5.32 Å². The fourth-order valence-electron chi connectivity index (χ4n) is 5.03. The zero-order chi connectivity index (χ0) is 22.1. The van der Waals surface area contributed by atoms with Crippen molar-refractivity contribution in [3.63, 3.8) is 0 Å². The SMILES string of the molecule is Cn1c(CCNC(=O)CC2(N3Cc4ccccc4C3=O)CCOCC2)nc2ccccc21. The molecule has 3 heterocycles. The average Bonchev–Trinajstić information content (AvgIpc) is 3.32. The maximum absolute atomic E-state index is 13.1. The summed E-state index contributed by atoms with van der Waals surface area (Å²) in [5.74, 6) is 0.932. The molecule has 1 aromatic heterocycles. The Bertz CT molecular complexity index is 1160. The highest BCUT2D eigenvalue weighted by Crippen LogP contribution is 2.38. The molecule has 3 aromatic rings. The van der Waals surface area contributed by atoms with E-state index in [0.717, 1.165) is 28.0 Å². The van der Waals surface area contributed by atoms with Gasteiger partial charge in [-0.05, 0) is 36.6 Å². The Morgan fingerprint density at radius 3 is 2.66 bits per heavy atom. The highest BCUT2D eigenvalue weighted by Gasteiger charge is 2.45. The van der Waals surface area contributed by atoms with Crippen LogP contribution in [0.1, 0.15) is 41.0 Å². The Balaban J connectivity index is 1.26. The first-order chi connectivity index (χ1) is 15.6. The lowest BCUT2D eigenvalue weighted by molar-refractivity contribution is -0.125. The van der Waals surface area contributed by atoms with Crippen molar-refractivity contribution in [2.24, 2.45) is 7.05 Å². The summed E-state index contributed by atoms with van der Waals surface area (Å²) in [5.41, 5.74) is 3.33. The van der Waals surface area contributed by atoms with E-state index in [2.05, 4.69) is 14.9 Å². The minimum Gasteiger partial charge on any atom is -0.381 e. The number of amides is 2. The van der Waals surface area contributed by atoms with Gasteiger partial charge in [0.15, 0.2) is 0 Å². The summed E-state index contributed by atoms with van der Waals surface area (Å²) < 4.78 is 7.65. The average molecular weight is 433 g/mol. The van der Waals surface area contributed by atoms with Gasteiger partial charge in [-0.3, -0.25) is 9.59 Å². The standard InChI is InChI=1S/C25H28N4O3/c1-28-21-9-5-4-8-20(21)27-22(28)10-13-26-23(30)16-25(11-14-32-15-12-25)29-17-18-6-2-3-7-19(18)24(29)31/h2-9H,10-17H2,1H3,(H,26,30). The van der Waals surface area contributed by atoms with Gasteiger partial charge >= 0.3 is 0 Å². The van der Waals surface area contributed by atoms with E-state index >= 15 is 0 Å². The largest absolute Gasteiger partial charge is 0.381 e. The third-order valence-electron chi connectivity index (χ3n) is 6.86. The molecule has 0 unspecified atom stereocenters. The topological polar surface area (TPSA) is 76.5 Å². The summed E-state index contributed by atoms with van der Waals surface area (Å²) in [5, 5.41) is 3.06. The van der Waals surface area contributed by atoms with E-state index < -0.39 is 5.54 Å². The normalized spacial score (nSPS) is 17.5. The van der Waals surface area contributed by atoms with Gasteiger partial charge in [0.2, 0.25) is 5.91 Å². The predicted octanol–water partition coefficient (Wildman–Crippen LogP) is 2.83. The van der Waals surface area contributed by atoms with E-state index in [9.17, 15) is 9.59 Å². The molecule has 2 aromatic carbocycles. The minimum absolute atomic E-state index is 0.0231. The van der Waals surface area contributed by atoms with E-state index in [1.807, 2.05) is 60.5 Å². The van der Waals surface area contributed by atoms with Crippen molar-refractivity contribution in [1.29, 1.82) is 0 Å². The number of hydrogen-bond acceptors (Lipinski definition) is 4. The molecule has 2 aliphatic heterocycles. The molecule has 0 atom stereocenters. The first-order valence-corrected chi connectivity index (χ1v) is 11.2. The lowest BCUT2D eigenvalue weighted by Gasteiger charge is -2.44.